The van der Waals surface area contributed by atoms with E-state index in [2.05, 4.69) is 21.2 Å². The highest BCUT2D eigenvalue weighted by atomic mass is 79.9. The van der Waals surface area contributed by atoms with Crippen LogP contribution >= 0.6 is 27.7 Å². The summed E-state index contributed by atoms with van der Waals surface area (Å²) < 4.78 is 12.2. The van der Waals surface area contributed by atoms with Crippen molar-refractivity contribution in [3.05, 3.63) is 104 Å². The van der Waals surface area contributed by atoms with E-state index in [0.717, 1.165) is 49.4 Å². The fourth-order valence-corrected chi connectivity index (χ4v) is 5.80. The van der Waals surface area contributed by atoms with Crippen molar-refractivity contribution in [3.63, 3.8) is 0 Å². The Hall–Kier alpha value is -4.08. The summed E-state index contributed by atoms with van der Waals surface area (Å²) in [4.78, 5) is 40.1. The first-order chi connectivity index (χ1) is 19.7. The maximum absolute atomic E-state index is 13.2. The minimum absolute atomic E-state index is 0.195. The molecule has 0 radical (unpaired) electrons. The zero-order valence-electron chi connectivity index (χ0n) is 22.7. The van der Waals surface area contributed by atoms with Crippen molar-refractivity contribution in [2.24, 2.45) is 0 Å². The van der Waals surface area contributed by atoms with Gasteiger partial charge in [-0.2, -0.15) is 0 Å². The third-order valence-corrected chi connectivity index (χ3v) is 8.69. The molecule has 1 aliphatic rings. The standard InChI is InChI=1S/C32H27BrN2O5S/c1-19-20(2)26(13-12-25(19)33)34-30(36)18-40-27-14-11-21(15-28(27)39-3)16-29-31(37)35(32(38)41-29)17-23-9-6-8-22-7-4-5-10-24(22)23/h4-16H,17-18H2,1-3H3,(H,34,36)/b29-16+. The number of nitrogens with one attached hydrogen (secondary N) is 1. The monoisotopic (exact) mass is 630 g/mol. The number of carbonyl (C=O) groups is 3. The van der Waals surface area contributed by atoms with E-state index in [1.807, 2.05) is 68.4 Å². The van der Waals surface area contributed by atoms with Gasteiger partial charge in [-0.1, -0.05) is 64.5 Å². The van der Waals surface area contributed by atoms with Gasteiger partial charge < -0.3 is 14.8 Å². The van der Waals surface area contributed by atoms with Crippen LogP contribution in [0.4, 0.5) is 10.5 Å². The molecule has 4 aromatic carbocycles. The molecule has 1 aliphatic heterocycles. The van der Waals surface area contributed by atoms with Gasteiger partial charge in [-0.3, -0.25) is 19.3 Å². The summed E-state index contributed by atoms with van der Waals surface area (Å²) in [5.74, 6) is 0.132. The zero-order valence-corrected chi connectivity index (χ0v) is 25.1. The molecular formula is C32H27BrN2O5S. The highest BCUT2D eigenvalue weighted by Crippen LogP contribution is 2.36. The summed E-state index contributed by atoms with van der Waals surface area (Å²) in [6.07, 6.45) is 1.66. The minimum Gasteiger partial charge on any atom is -0.493 e. The van der Waals surface area contributed by atoms with Crippen LogP contribution in [0, 0.1) is 13.8 Å². The molecule has 4 aromatic rings. The van der Waals surface area contributed by atoms with E-state index in [0.29, 0.717) is 22.0 Å². The van der Waals surface area contributed by atoms with Crippen molar-refractivity contribution in [2.45, 2.75) is 20.4 Å². The highest BCUT2D eigenvalue weighted by molar-refractivity contribution is 9.10. The number of rotatable bonds is 8. The number of hydrogen-bond acceptors (Lipinski definition) is 6. The van der Waals surface area contributed by atoms with Gasteiger partial charge >= 0.3 is 0 Å². The smallest absolute Gasteiger partial charge is 0.293 e. The third-order valence-electron chi connectivity index (χ3n) is 6.92. The van der Waals surface area contributed by atoms with Crippen molar-refractivity contribution in [1.82, 2.24) is 4.90 Å². The van der Waals surface area contributed by atoms with Crippen LogP contribution in [0.1, 0.15) is 22.3 Å². The molecule has 7 nitrogen and oxygen atoms in total. The molecule has 1 heterocycles. The van der Waals surface area contributed by atoms with Crippen LogP contribution < -0.4 is 14.8 Å². The van der Waals surface area contributed by atoms with Crippen molar-refractivity contribution >= 4 is 67.3 Å². The summed E-state index contributed by atoms with van der Waals surface area (Å²) in [5, 5.41) is 4.62. The second-order valence-electron chi connectivity index (χ2n) is 9.50. The lowest BCUT2D eigenvalue weighted by Gasteiger charge is -2.14. The summed E-state index contributed by atoms with van der Waals surface area (Å²) in [6, 6.07) is 22.6. The Balaban J connectivity index is 1.27. The molecule has 208 valence electrons. The predicted octanol–water partition coefficient (Wildman–Crippen LogP) is 7.48. The Labute approximate surface area is 250 Å². The molecular weight excluding hydrogens is 604 g/mol. The summed E-state index contributed by atoms with van der Waals surface area (Å²) in [7, 11) is 1.50. The maximum Gasteiger partial charge on any atom is 0.293 e. The van der Waals surface area contributed by atoms with Crippen LogP contribution in [0.25, 0.3) is 16.8 Å². The lowest BCUT2D eigenvalue weighted by Crippen LogP contribution is -2.27. The molecule has 5 rings (SSSR count). The molecule has 1 N–H and O–H groups in total. The molecule has 9 heteroatoms. The van der Waals surface area contributed by atoms with Crippen LogP contribution in [0.5, 0.6) is 11.5 Å². The number of ether oxygens (including phenoxy) is 2. The number of imide groups is 1. The maximum atomic E-state index is 13.2. The molecule has 1 fully saturated rings. The fourth-order valence-electron chi connectivity index (χ4n) is 4.53. The molecule has 0 saturated carbocycles. The topological polar surface area (TPSA) is 84.9 Å². The second kappa shape index (κ2) is 12.2. The van der Waals surface area contributed by atoms with E-state index in [4.69, 9.17) is 9.47 Å². The van der Waals surface area contributed by atoms with Crippen LogP contribution in [0.15, 0.2) is 82.2 Å². The number of benzene rings is 4. The fraction of sp³-hybridized carbons (Fsp3) is 0.156. The SMILES string of the molecule is COc1cc(/C=C2/SC(=O)N(Cc3cccc4ccccc34)C2=O)ccc1OCC(=O)Nc1ccc(Br)c(C)c1C. The van der Waals surface area contributed by atoms with Gasteiger partial charge in [-0.25, -0.2) is 0 Å². The minimum atomic E-state index is -0.345. The van der Waals surface area contributed by atoms with Gasteiger partial charge in [0.05, 0.1) is 18.6 Å². The Kier molecular flexibility index (Phi) is 8.46. The third kappa shape index (κ3) is 6.16. The molecule has 1 saturated heterocycles. The van der Waals surface area contributed by atoms with Gasteiger partial charge in [0, 0.05) is 10.2 Å². The Morgan fingerprint density at radius 3 is 2.56 bits per heavy atom. The number of thioether (sulfide) groups is 1. The largest absolute Gasteiger partial charge is 0.493 e. The lowest BCUT2D eigenvalue weighted by atomic mass is 10.0. The lowest BCUT2D eigenvalue weighted by molar-refractivity contribution is -0.123. The van der Waals surface area contributed by atoms with E-state index < -0.39 is 0 Å². The molecule has 3 amide bonds. The first kappa shape index (κ1) is 28.4. The molecule has 41 heavy (non-hydrogen) atoms. The first-order valence-corrected chi connectivity index (χ1v) is 14.4. The molecule has 0 bridgehead atoms. The number of carbonyl (C=O) groups excluding carboxylic acids is 3. The van der Waals surface area contributed by atoms with E-state index in [9.17, 15) is 14.4 Å². The van der Waals surface area contributed by atoms with Gasteiger partial charge in [0.2, 0.25) is 0 Å². The number of amides is 3. The van der Waals surface area contributed by atoms with Crippen molar-refractivity contribution < 1.29 is 23.9 Å². The summed E-state index contributed by atoms with van der Waals surface area (Å²) >= 11 is 4.40. The molecule has 0 aliphatic carbocycles. The number of nitrogens with zero attached hydrogens (tertiary/aromatic N) is 1. The van der Waals surface area contributed by atoms with Crippen LogP contribution in [0.3, 0.4) is 0 Å². The van der Waals surface area contributed by atoms with E-state index in [-0.39, 0.29) is 30.2 Å². The van der Waals surface area contributed by atoms with Gasteiger partial charge in [0.1, 0.15) is 0 Å². The normalized spacial score (nSPS) is 14.1. The molecule has 0 aromatic heterocycles. The molecule has 0 unspecified atom stereocenters. The Morgan fingerprint density at radius 1 is 0.976 bits per heavy atom. The van der Waals surface area contributed by atoms with Gasteiger partial charge in [0.25, 0.3) is 17.1 Å². The number of halogens is 1. The van der Waals surface area contributed by atoms with Crippen molar-refractivity contribution in [3.8, 4) is 11.5 Å². The van der Waals surface area contributed by atoms with E-state index >= 15 is 0 Å². The highest BCUT2D eigenvalue weighted by Gasteiger charge is 2.35. The number of hydrogen-bond donors (Lipinski definition) is 1. The van der Waals surface area contributed by atoms with Crippen LogP contribution in [-0.2, 0) is 16.1 Å². The average Bonchev–Trinajstić information content (AvgIpc) is 3.24. The second-order valence-corrected chi connectivity index (χ2v) is 11.3. The summed E-state index contributed by atoms with van der Waals surface area (Å²) in [5.41, 5.74) is 4.30. The van der Waals surface area contributed by atoms with Gasteiger partial charge in [0.15, 0.2) is 18.1 Å². The number of methoxy groups -OCH3 is 1. The van der Waals surface area contributed by atoms with Crippen LogP contribution in [0.2, 0.25) is 0 Å². The molecule has 0 atom stereocenters. The van der Waals surface area contributed by atoms with Crippen LogP contribution in [-0.4, -0.2) is 35.7 Å². The van der Waals surface area contributed by atoms with Crippen molar-refractivity contribution in [2.75, 3.05) is 19.0 Å². The molecule has 0 spiro atoms. The predicted molar refractivity (Wildman–Crippen MR) is 166 cm³/mol. The zero-order chi connectivity index (χ0) is 29.1. The first-order valence-electron chi connectivity index (χ1n) is 12.8. The van der Waals surface area contributed by atoms with Crippen molar-refractivity contribution in [1.29, 1.82) is 0 Å². The average molecular weight is 632 g/mol. The summed E-state index contributed by atoms with van der Waals surface area (Å²) in [6.45, 7) is 3.90. The van der Waals surface area contributed by atoms with Gasteiger partial charge in [-0.15, -0.1) is 0 Å². The Bertz CT molecular complexity index is 1710. The van der Waals surface area contributed by atoms with E-state index in [1.165, 1.54) is 12.0 Å². The number of fused-ring (bicyclic) bond motifs is 1. The Morgan fingerprint density at radius 2 is 1.76 bits per heavy atom. The van der Waals surface area contributed by atoms with Gasteiger partial charge in [-0.05, 0) is 89.0 Å². The number of anilines is 1. The van der Waals surface area contributed by atoms with E-state index in [1.54, 1.807) is 24.3 Å². The quantitative estimate of drug-likeness (QED) is 0.203.